The fourth-order valence-corrected chi connectivity index (χ4v) is 6.39. The Morgan fingerprint density at radius 1 is 1.00 bits per heavy atom. The topological polar surface area (TPSA) is 94.9 Å². The molecule has 0 amide bonds. The molecule has 3 aromatic carbocycles. The number of aliphatic hydroxyl groups is 1. The van der Waals surface area contributed by atoms with Crippen molar-refractivity contribution in [2.45, 2.75) is 42.2 Å². The lowest BCUT2D eigenvalue weighted by atomic mass is 10.0. The van der Waals surface area contributed by atoms with Crippen molar-refractivity contribution in [3.63, 3.8) is 0 Å². The van der Waals surface area contributed by atoms with Crippen LogP contribution in [0.3, 0.4) is 0 Å². The number of hydrogen-bond donors (Lipinski definition) is 2. The summed E-state index contributed by atoms with van der Waals surface area (Å²) in [4.78, 5) is 12.5. The standard InChI is InChI=1S/C26H26ClNO5S/c1-25(2,31)17-28(26(24(29)30)16-23(26)20-6-4-3-5-7-20)34(32,33)22-14-10-19(11-15-22)18-8-12-21(27)13-9-18/h3-15,23,31H,16-17H2,1-2H3,(H,29,30)/t23-,26+/m0/s1. The molecule has 8 heteroatoms. The van der Waals surface area contributed by atoms with Gasteiger partial charge in [0, 0.05) is 17.5 Å². The van der Waals surface area contributed by atoms with E-state index < -0.39 is 33.1 Å². The quantitative estimate of drug-likeness (QED) is 0.465. The molecule has 0 aromatic heterocycles. The SMILES string of the molecule is CC(C)(O)CN([C@]1(C(=O)O)C[C@H]1c1ccccc1)S(=O)(=O)c1ccc(-c2ccc(Cl)cc2)cc1. The molecule has 178 valence electrons. The van der Waals surface area contributed by atoms with Crippen molar-refractivity contribution in [2.24, 2.45) is 0 Å². The van der Waals surface area contributed by atoms with E-state index in [1.54, 1.807) is 48.5 Å². The summed E-state index contributed by atoms with van der Waals surface area (Å²) in [5.41, 5.74) is -0.697. The summed E-state index contributed by atoms with van der Waals surface area (Å²) < 4.78 is 28.6. The second-order valence-corrected chi connectivity index (χ2v) is 11.6. The molecule has 0 aliphatic heterocycles. The lowest BCUT2D eigenvalue weighted by Crippen LogP contribution is -2.53. The first-order valence-electron chi connectivity index (χ1n) is 10.8. The molecule has 2 atom stereocenters. The summed E-state index contributed by atoms with van der Waals surface area (Å²) in [5.74, 6) is -1.75. The average Bonchev–Trinajstić information content (AvgIpc) is 3.55. The van der Waals surface area contributed by atoms with E-state index >= 15 is 0 Å². The molecule has 1 saturated carbocycles. The normalized spacial score (nSPS) is 20.3. The lowest BCUT2D eigenvalue weighted by Gasteiger charge is -2.33. The van der Waals surface area contributed by atoms with Crippen LogP contribution in [0.2, 0.25) is 5.02 Å². The van der Waals surface area contributed by atoms with E-state index in [1.807, 2.05) is 18.2 Å². The first kappa shape index (κ1) is 24.4. The highest BCUT2D eigenvalue weighted by Crippen LogP contribution is 2.57. The Balaban J connectivity index is 1.74. The molecule has 0 spiro atoms. The molecule has 0 radical (unpaired) electrons. The minimum absolute atomic E-state index is 0.0335. The van der Waals surface area contributed by atoms with Crippen LogP contribution >= 0.6 is 11.6 Å². The Morgan fingerprint density at radius 3 is 2.03 bits per heavy atom. The molecule has 2 N–H and O–H groups in total. The third-order valence-electron chi connectivity index (χ3n) is 6.10. The lowest BCUT2D eigenvalue weighted by molar-refractivity contribution is -0.144. The first-order chi connectivity index (χ1) is 15.9. The number of rotatable bonds is 8. The highest BCUT2D eigenvalue weighted by molar-refractivity contribution is 7.89. The van der Waals surface area contributed by atoms with Gasteiger partial charge in [-0.25, -0.2) is 8.42 Å². The van der Waals surface area contributed by atoms with Gasteiger partial charge in [0.05, 0.1) is 10.5 Å². The van der Waals surface area contributed by atoms with Gasteiger partial charge in [-0.2, -0.15) is 4.31 Å². The van der Waals surface area contributed by atoms with E-state index in [1.165, 1.54) is 26.0 Å². The van der Waals surface area contributed by atoms with E-state index in [-0.39, 0.29) is 17.9 Å². The zero-order valence-corrected chi connectivity index (χ0v) is 20.4. The van der Waals surface area contributed by atoms with Crippen LogP contribution in [0.15, 0.2) is 83.8 Å². The van der Waals surface area contributed by atoms with Crippen LogP contribution in [0.1, 0.15) is 31.7 Å². The fourth-order valence-electron chi connectivity index (χ4n) is 4.33. The second-order valence-electron chi connectivity index (χ2n) is 9.25. The number of β-amino-alcohol motifs (C(OH)–C–C–N with tert-alkyl or cyclic N) is 1. The van der Waals surface area contributed by atoms with Crippen LogP contribution in [-0.4, -0.2) is 46.6 Å². The molecule has 4 rings (SSSR count). The van der Waals surface area contributed by atoms with Crippen molar-refractivity contribution >= 4 is 27.6 Å². The maximum absolute atomic E-state index is 13.8. The van der Waals surface area contributed by atoms with Gasteiger partial charge >= 0.3 is 5.97 Å². The summed E-state index contributed by atoms with van der Waals surface area (Å²) in [7, 11) is -4.25. The predicted molar refractivity (Wildman–Crippen MR) is 131 cm³/mol. The van der Waals surface area contributed by atoms with Gasteiger partial charge in [-0.15, -0.1) is 0 Å². The molecule has 34 heavy (non-hydrogen) atoms. The van der Waals surface area contributed by atoms with E-state index in [2.05, 4.69) is 0 Å². The van der Waals surface area contributed by atoms with Crippen molar-refractivity contribution in [3.05, 3.63) is 89.4 Å². The number of halogens is 1. The highest BCUT2D eigenvalue weighted by atomic mass is 35.5. The van der Waals surface area contributed by atoms with Gasteiger partial charge in [-0.05, 0) is 61.2 Å². The molecular weight excluding hydrogens is 474 g/mol. The third kappa shape index (κ3) is 4.61. The first-order valence-corrected chi connectivity index (χ1v) is 12.7. The smallest absolute Gasteiger partial charge is 0.325 e. The van der Waals surface area contributed by atoms with Gasteiger partial charge in [0.1, 0.15) is 5.54 Å². The number of sulfonamides is 1. The number of hydrogen-bond acceptors (Lipinski definition) is 4. The fraction of sp³-hybridized carbons (Fsp3) is 0.269. The predicted octanol–water partition coefficient (Wildman–Crippen LogP) is 4.78. The molecule has 1 fully saturated rings. The van der Waals surface area contributed by atoms with Crippen molar-refractivity contribution in [2.75, 3.05) is 6.54 Å². The minimum atomic E-state index is -4.25. The summed E-state index contributed by atoms with van der Waals surface area (Å²) >= 11 is 5.95. The van der Waals surface area contributed by atoms with Crippen LogP contribution in [0.25, 0.3) is 11.1 Å². The van der Waals surface area contributed by atoms with Gasteiger partial charge in [0.15, 0.2) is 0 Å². The second kappa shape index (κ2) is 8.82. The van der Waals surface area contributed by atoms with E-state index in [0.717, 1.165) is 21.0 Å². The highest BCUT2D eigenvalue weighted by Gasteiger charge is 2.68. The molecule has 3 aromatic rings. The molecule has 0 unspecified atom stereocenters. The number of carbonyl (C=O) groups is 1. The van der Waals surface area contributed by atoms with Crippen LogP contribution < -0.4 is 0 Å². The molecule has 6 nitrogen and oxygen atoms in total. The molecule has 1 aliphatic rings. The largest absolute Gasteiger partial charge is 0.480 e. The van der Waals surface area contributed by atoms with Crippen LogP contribution in [0.4, 0.5) is 0 Å². The van der Waals surface area contributed by atoms with Gasteiger partial charge in [0.25, 0.3) is 0 Å². The number of carboxylic acids is 1. The Kier molecular flexibility index (Phi) is 6.33. The van der Waals surface area contributed by atoms with Crippen molar-refractivity contribution in [1.82, 2.24) is 4.31 Å². The molecule has 0 heterocycles. The average molecular weight is 500 g/mol. The number of carboxylic acid groups (broad SMARTS) is 1. The molecule has 1 aliphatic carbocycles. The third-order valence-corrected chi connectivity index (χ3v) is 8.25. The molecular formula is C26H26ClNO5S. The summed E-state index contributed by atoms with van der Waals surface area (Å²) in [6.07, 6.45) is 0.129. The van der Waals surface area contributed by atoms with Crippen LogP contribution in [0, 0.1) is 0 Å². The summed E-state index contributed by atoms with van der Waals surface area (Å²) in [5, 5.41) is 21.4. The van der Waals surface area contributed by atoms with Crippen LogP contribution in [0.5, 0.6) is 0 Å². The summed E-state index contributed by atoms with van der Waals surface area (Å²) in [6, 6.07) is 22.5. The summed E-state index contributed by atoms with van der Waals surface area (Å²) in [6.45, 7) is 2.58. The number of nitrogens with zero attached hydrogens (tertiary/aromatic N) is 1. The number of aliphatic carboxylic acids is 1. The molecule has 0 saturated heterocycles. The van der Waals surface area contributed by atoms with Crippen molar-refractivity contribution < 1.29 is 23.4 Å². The van der Waals surface area contributed by atoms with Crippen molar-refractivity contribution in [1.29, 1.82) is 0 Å². The van der Waals surface area contributed by atoms with Gasteiger partial charge < -0.3 is 10.2 Å². The van der Waals surface area contributed by atoms with Gasteiger partial charge in [-0.1, -0.05) is 66.2 Å². The van der Waals surface area contributed by atoms with E-state index in [0.29, 0.717) is 5.02 Å². The zero-order valence-electron chi connectivity index (χ0n) is 18.8. The minimum Gasteiger partial charge on any atom is -0.480 e. The maximum atomic E-state index is 13.8. The Morgan fingerprint density at radius 2 is 1.53 bits per heavy atom. The Hall–Kier alpha value is -2.71. The van der Waals surface area contributed by atoms with E-state index in [9.17, 15) is 23.4 Å². The zero-order chi connectivity index (χ0) is 24.7. The Labute approximate surface area is 204 Å². The number of benzene rings is 3. The van der Waals surface area contributed by atoms with Gasteiger partial charge in [-0.3, -0.25) is 4.79 Å². The maximum Gasteiger partial charge on any atom is 0.325 e. The van der Waals surface area contributed by atoms with Gasteiger partial charge in [0.2, 0.25) is 10.0 Å². The monoisotopic (exact) mass is 499 g/mol. The Bertz CT molecular complexity index is 1290. The molecule has 0 bridgehead atoms. The van der Waals surface area contributed by atoms with Crippen LogP contribution in [-0.2, 0) is 14.8 Å². The van der Waals surface area contributed by atoms with Crippen molar-refractivity contribution in [3.8, 4) is 11.1 Å². The van der Waals surface area contributed by atoms with E-state index in [4.69, 9.17) is 11.6 Å².